The second-order valence-electron chi connectivity index (χ2n) is 10.3. The minimum Gasteiger partial charge on any atom is -0.390 e. The van der Waals surface area contributed by atoms with E-state index >= 15 is 0 Å². The first-order chi connectivity index (χ1) is 16.3. The summed E-state index contributed by atoms with van der Waals surface area (Å²) in [5.41, 5.74) is -0.122. The van der Waals surface area contributed by atoms with E-state index in [1.807, 2.05) is 33.0 Å². The standard InChI is InChI=1S/C26H33F2N5O2/c1-16(18-7-6-8-19(13-18)26(27,28)24(3,4)34)30-23-21-14-20(15-29-22(21)17(2)31-32-23)33-11-9-25(5,35)10-12-33/h6-8,13-16,34-35H,9-12H2,1-5H3,(H,30,32)/t16-/m1/s1. The van der Waals surface area contributed by atoms with E-state index in [4.69, 9.17) is 0 Å². The molecule has 3 N–H and O–H groups in total. The van der Waals surface area contributed by atoms with Crippen LogP contribution in [-0.2, 0) is 5.92 Å². The Kier molecular flexibility index (Phi) is 6.44. The number of hydrogen-bond donors (Lipinski definition) is 3. The topological polar surface area (TPSA) is 94.4 Å². The molecule has 3 heterocycles. The zero-order valence-corrected chi connectivity index (χ0v) is 20.8. The average Bonchev–Trinajstić information content (AvgIpc) is 2.80. The zero-order valence-electron chi connectivity index (χ0n) is 20.8. The lowest BCUT2D eigenvalue weighted by molar-refractivity contribution is -0.168. The van der Waals surface area contributed by atoms with Crippen LogP contribution in [0.5, 0.6) is 0 Å². The molecule has 1 aliphatic heterocycles. The molecule has 0 bridgehead atoms. The molecule has 0 radical (unpaired) electrons. The second-order valence-corrected chi connectivity index (χ2v) is 10.3. The van der Waals surface area contributed by atoms with Crippen molar-refractivity contribution < 1.29 is 19.0 Å². The molecular formula is C26H33F2N5O2. The summed E-state index contributed by atoms with van der Waals surface area (Å²) in [6, 6.07) is 7.70. The van der Waals surface area contributed by atoms with Gasteiger partial charge in [-0.3, -0.25) is 4.98 Å². The number of halogens is 2. The molecule has 0 unspecified atom stereocenters. The largest absolute Gasteiger partial charge is 0.390 e. The Balaban J connectivity index is 1.64. The van der Waals surface area contributed by atoms with Gasteiger partial charge >= 0.3 is 5.92 Å². The van der Waals surface area contributed by atoms with E-state index in [0.29, 0.717) is 35.4 Å². The fourth-order valence-electron chi connectivity index (χ4n) is 4.32. The third kappa shape index (κ3) is 5.06. The van der Waals surface area contributed by atoms with Crippen molar-refractivity contribution in [1.29, 1.82) is 0 Å². The minimum atomic E-state index is -3.41. The summed E-state index contributed by atoms with van der Waals surface area (Å²) in [5.74, 6) is -2.90. The number of nitrogens with zero attached hydrogens (tertiary/aromatic N) is 4. The first-order valence-electron chi connectivity index (χ1n) is 11.9. The lowest BCUT2D eigenvalue weighted by Gasteiger charge is -2.37. The molecular weight excluding hydrogens is 452 g/mol. The van der Waals surface area contributed by atoms with Crippen molar-refractivity contribution in [3.63, 3.8) is 0 Å². The number of aromatic nitrogens is 3. The van der Waals surface area contributed by atoms with Crippen molar-refractivity contribution in [3.8, 4) is 0 Å². The van der Waals surface area contributed by atoms with Crippen LogP contribution in [-0.4, -0.2) is 49.7 Å². The van der Waals surface area contributed by atoms with Crippen LogP contribution in [0.4, 0.5) is 20.3 Å². The van der Waals surface area contributed by atoms with E-state index in [0.717, 1.165) is 38.0 Å². The number of hydrogen-bond acceptors (Lipinski definition) is 7. The lowest BCUT2D eigenvalue weighted by Crippen LogP contribution is -2.42. The summed E-state index contributed by atoms with van der Waals surface area (Å²) in [4.78, 5) is 6.82. The van der Waals surface area contributed by atoms with E-state index in [1.54, 1.807) is 12.1 Å². The van der Waals surface area contributed by atoms with Crippen LogP contribution in [0.3, 0.4) is 0 Å². The Bertz CT molecular complexity index is 1220. The Morgan fingerprint density at radius 1 is 1.14 bits per heavy atom. The van der Waals surface area contributed by atoms with Crippen molar-refractivity contribution in [2.24, 2.45) is 0 Å². The maximum atomic E-state index is 14.7. The van der Waals surface area contributed by atoms with Crippen molar-refractivity contribution in [1.82, 2.24) is 15.2 Å². The van der Waals surface area contributed by atoms with Gasteiger partial charge in [-0.2, -0.15) is 13.9 Å². The maximum absolute atomic E-state index is 14.7. The smallest absolute Gasteiger partial charge is 0.300 e. The highest BCUT2D eigenvalue weighted by atomic mass is 19.3. The van der Waals surface area contributed by atoms with E-state index in [1.165, 1.54) is 12.1 Å². The molecule has 0 aliphatic carbocycles. The number of aryl methyl sites for hydroxylation is 1. The number of rotatable bonds is 6. The van der Waals surface area contributed by atoms with Crippen molar-refractivity contribution in [2.45, 2.75) is 70.6 Å². The van der Waals surface area contributed by atoms with Crippen LogP contribution >= 0.6 is 0 Å². The molecule has 2 aromatic heterocycles. The Hall–Kier alpha value is -2.91. The maximum Gasteiger partial charge on any atom is 0.300 e. The van der Waals surface area contributed by atoms with Gasteiger partial charge < -0.3 is 20.4 Å². The summed E-state index contributed by atoms with van der Waals surface area (Å²) >= 11 is 0. The third-order valence-corrected chi connectivity index (χ3v) is 6.85. The third-order valence-electron chi connectivity index (χ3n) is 6.85. The van der Waals surface area contributed by atoms with E-state index in [2.05, 4.69) is 25.4 Å². The first-order valence-corrected chi connectivity index (χ1v) is 11.9. The number of fused-ring (bicyclic) bond motifs is 1. The molecule has 9 heteroatoms. The number of alkyl halides is 2. The highest BCUT2D eigenvalue weighted by Crippen LogP contribution is 2.39. The molecule has 4 rings (SSSR count). The van der Waals surface area contributed by atoms with Crippen LogP contribution in [0.25, 0.3) is 10.9 Å². The molecule has 188 valence electrons. The minimum absolute atomic E-state index is 0.249. The predicted octanol–water partition coefficient (Wildman–Crippen LogP) is 4.72. The van der Waals surface area contributed by atoms with Crippen LogP contribution in [0.1, 0.15) is 63.4 Å². The van der Waals surface area contributed by atoms with Gasteiger partial charge in [-0.05, 0) is 65.2 Å². The van der Waals surface area contributed by atoms with Gasteiger partial charge in [0.25, 0.3) is 0 Å². The highest BCUT2D eigenvalue weighted by Gasteiger charge is 2.47. The number of aliphatic hydroxyl groups is 2. The molecule has 1 saturated heterocycles. The Morgan fingerprint density at radius 3 is 2.49 bits per heavy atom. The second kappa shape index (κ2) is 8.95. The normalized spacial score (nSPS) is 17.5. The van der Waals surface area contributed by atoms with E-state index < -0.39 is 17.1 Å². The Morgan fingerprint density at radius 2 is 1.83 bits per heavy atom. The fraction of sp³-hybridized carbons (Fsp3) is 0.500. The summed E-state index contributed by atoms with van der Waals surface area (Å²) in [7, 11) is 0. The van der Waals surface area contributed by atoms with Gasteiger partial charge in [0.2, 0.25) is 0 Å². The number of piperidine rings is 1. The molecule has 0 saturated carbocycles. The van der Waals surface area contributed by atoms with Gasteiger partial charge in [-0.15, -0.1) is 5.10 Å². The van der Waals surface area contributed by atoms with Gasteiger partial charge in [-0.1, -0.05) is 18.2 Å². The number of benzene rings is 1. The Labute approximate surface area is 204 Å². The van der Waals surface area contributed by atoms with Crippen LogP contribution < -0.4 is 10.2 Å². The van der Waals surface area contributed by atoms with Gasteiger partial charge in [0.1, 0.15) is 5.60 Å². The van der Waals surface area contributed by atoms with Gasteiger partial charge in [0, 0.05) is 24.0 Å². The van der Waals surface area contributed by atoms with E-state index in [9.17, 15) is 19.0 Å². The molecule has 0 amide bonds. The highest BCUT2D eigenvalue weighted by molar-refractivity contribution is 5.92. The summed E-state index contributed by atoms with van der Waals surface area (Å²) in [5, 5.41) is 32.9. The van der Waals surface area contributed by atoms with E-state index in [-0.39, 0.29) is 11.6 Å². The van der Waals surface area contributed by atoms with Gasteiger partial charge in [-0.25, -0.2) is 0 Å². The predicted molar refractivity (Wildman–Crippen MR) is 133 cm³/mol. The lowest BCUT2D eigenvalue weighted by atomic mass is 9.91. The number of anilines is 2. The quantitative estimate of drug-likeness (QED) is 0.465. The van der Waals surface area contributed by atoms with Gasteiger partial charge in [0.05, 0.1) is 34.7 Å². The SMILES string of the molecule is Cc1nnc(N[C@H](C)c2cccc(C(F)(F)C(C)(C)O)c2)c2cc(N3CCC(C)(O)CC3)cnc12. The molecule has 3 aromatic rings. The molecule has 35 heavy (non-hydrogen) atoms. The van der Waals surface area contributed by atoms with Crippen LogP contribution in [0.15, 0.2) is 36.5 Å². The molecule has 1 fully saturated rings. The number of pyridine rings is 1. The van der Waals surface area contributed by atoms with Crippen LogP contribution in [0, 0.1) is 6.92 Å². The summed E-state index contributed by atoms with van der Waals surface area (Å²) in [6.45, 7) is 9.21. The molecule has 1 aliphatic rings. The average molecular weight is 486 g/mol. The van der Waals surface area contributed by atoms with Crippen molar-refractivity contribution in [2.75, 3.05) is 23.3 Å². The zero-order chi connectivity index (χ0) is 25.6. The first kappa shape index (κ1) is 25.2. The van der Waals surface area contributed by atoms with Crippen molar-refractivity contribution in [3.05, 3.63) is 53.3 Å². The molecule has 7 nitrogen and oxygen atoms in total. The van der Waals surface area contributed by atoms with Gasteiger partial charge in [0.15, 0.2) is 5.82 Å². The number of nitrogens with one attached hydrogen (secondary N) is 1. The summed E-state index contributed by atoms with van der Waals surface area (Å²) in [6.07, 6.45) is 3.16. The molecule has 0 spiro atoms. The fourth-order valence-corrected chi connectivity index (χ4v) is 4.32. The monoisotopic (exact) mass is 485 g/mol. The molecule has 1 aromatic carbocycles. The summed E-state index contributed by atoms with van der Waals surface area (Å²) < 4.78 is 29.5. The van der Waals surface area contributed by atoms with Crippen LogP contribution in [0.2, 0.25) is 0 Å². The van der Waals surface area contributed by atoms with Crippen molar-refractivity contribution >= 4 is 22.4 Å². The molecule has 1 atom stereocenters.